The van der Waals surface area contributed by atoms with E-state index in [1.54, 1.807) is 0 Å². The average Bonchev–Trinajstić information content (AvgIpc) is 2.75. The zero-order valence-electron chi connectivity index (χ0n) is 11.5. The standard InChI is InChI=1S/C11H19N.CHF3O3S/c1-3-5-6-8-12-9-7-11(4-2)10-12;2-1(3,4)8(5,6)7/h7,9-10H,3-6,8H2,1-2H3;(H,5,6,7). The van der Waals surface area contributed by atoms with E-state index in [0.717, 1.165) is 0 Å². The lowest BCUT2D eigenvalue weighted by molar-refractivity contribution is -0.788. The summed E-state index contributed by atoms with van der Waals surface area (Å²) < 4.78 is 58.9. The van der Waals surface area contributed by atoms with Crippen LogP contribution >= 0.6 is 0 Å². The van der Waals surface area contributed by atoms with Crippen LogP contribution in [0.15, 0.2) is 24.0 Å². The van der Waals surface area contributed by atoms with Crippen molar-refractivity contribution in [2.45, 2.75) is 45.0 Å². The molecule has 8 heteroatoms. The van der Waals surface area contributed by atoms with Crippen LogP contribution in [0.3, 0.4) is 0 Å². The Morgan fingerprint density at radius 3 is 2.15 bits per heavy atom. The maximum atomic E-state index is 10.7. The Bertz CT molecular complexity index is 441. The first-order valence-corrected chi connectivity index (χ1v) is 7.79. The molecule has 1 aliphatic heterocycles. The summed E-state index contributed by atoms with van der Waals surface area (Å²) in [6.45, 7) is 5.74. The first-order valence-electron chi connectivity index (χ1n) is 6.38. The lowest BCUT2D eigenvalue weighted by atomic mass is 10.2. The van der Waals surface area contributed by atoms with Crippen molar-refractivity contribution in [1.29, 1.82) is 0 Å². The number of hydrogen-bond acceptors (Lipinski definition) is 3. The van der Waals surface area contributed by atoms with Gasteiger partial charge in [-0.05, 0) is 19.3 Å². The number of nitrogens with one attached hydrogen (secondary N) is 1. The summed E-state index contributed by atoms with van der Waals surface area (Å²) in [5.41, 5.74) is -4.16. The van der Waals surface area contributed by atoms with Crippen molar-refractivity contribution in [3.63, 3.8) is 0 Å². The normalized spacial score (nSPS) is 18.5. The second-order valence-corrected chi connectivity index (χ2v) is 5.71. The predicted octanol–water partition coefficient (Wildman–Crippen LogP) is 1.93. The monoisotopic (exact) mass is 315 g/mol. The Morgan fingerprint density at radius 1 is 1.25 bits per heavy atom. The Labute approximate surface area is 117 Å². The molecule has 0 amide bonds. The fraction of sp³-hybridized carbons (Fsp3) is 0.667. The van der Waals surface area contributed by atoms with Gasteiger partial charge in [0.1, 0.15) is 6.20 Å². The van der Waals surface area contributed by atoms with Crippen molar-refractivity contribution in [1.82, 2.24) is 0 Å². The Kier molecular flexibility index (Phi) is 8.07. The molecule has 0 aromatic rings. The third-order valence-corrected chi connectivity index (χ3v) is 3.21. The summed E-state index contributed by atoms with van der Waals surface area (Å²) in [4.78, 5) is 1.53. The molecule has 0 saturated carbocycles. The van der Waals surface area contributed by atoms with Crippen LogP contribution in [0.1, 0.15) is 39.5 Å². The number of hydrogen-bond donors (Lipinski definition) is 1. The van der Waals surface area contributed by atoms with E-state index in [1.165, 1.54) is 42.7 Å². The highest BCUT2D eigenvalue weighted by Crippen LogP contribution is 2.20. The van der Waals surface area contributed by atoms with Gasteiger partial charge >= 0.3 is 5.51 Å². The van der Waals surface area contributed by atoms with Crippen molar-refractivity contribution in [3.8, 4) is 0 Å². The molecule has 0 aromatic carbocycles. The second kappa shape index (κ2) is 8.43. The highest BCUT2D eigenvalue weighted by molar-refractivity contribution is 7.86. The fourth-order valence-electron chi connectivity index (χ4n) is 1.50. The van der Waals surface area contributed by atoms with Crippen LogP contribution in [0.25, 0.3) is 0 Å². The lowest BCUT2D eigenvalue weighted by Gasteiger charge is -2.08. The van der Waals surface area contributed by atoms with E-state index >= 15 is 0 Å². The van der Waals surface area contributed by atoms with Crippen LogP contribution in [0.2, 0.25) is 0 Å². The topological polar surface area (TPSA) is 61.6 Å². The SMILES string of the molecule is CCCCC[NH+]1C=CC(CC)=C1.O=S(=O)([O-])C(F)(F)F. The third-order valence-electron chi connectivity index (χ3n) is 2.64. The molecular formula is C12H20F3NO3S. The molecule has 20 heavy (non-hydrogen) atoms. The summed E-state index contributed by atoms with van der Waals surface area (Å²) in [6.07, 6.45) is 12.1. The first-order chi connectivity index (χ1) is 9.11. The molecule has 0 fully saturated rings. The minimum absolute atomic E-state index is 1.17. The molecule has 0 aliphatic carbocycles. The highest BCUT2D eigenvalue weighted by atomic mass is 32.2. The maximum Gasteiger partial charge on any atom is 0.485 e. The number of quaternary nitrogens is 1. The van der Waals surface area contributed by atoms with E-state index in [2.05, 4.69) is 32.3 Å². The van der Waals surface area contributed by atoms with E-state index in [0.29, 0.717) is 0 Å². The van der Waals surface area contributed by atoms with E-state index < -0.39 is 15.6 Å². The van der Waals surface area contributed by atoms with Crippen molar-refractivity contribution < 1.29 is 31.0 Å². The first kappa shape index (κ1) is 19.1. The molecule has 0 radical (unpaired) electrons. The van der Waals surface area contributed by atoms with Gasteiger partial charge in [0.15, 0.2) is 10.1 Å². The summed E-state index contributed by atoms with van der Waals surface area (Å²) in [6, 6.07) is 0. The second-order valence-electron chi connectivity index (χ2n) is 4.34. The molecule has 1 atom stereocenters. The van der Waals surface area contributed by atoms with Crippen LogP contribution in [0, 0.1) is 0 Å². The molecule has 0 aromatic heterocycles. The third kappa shape index (κ3) is 7.66. The Hall–Kier alpha value is -0.860. The number of unbranched alkanes of at least 4 members (excludes halogenated alkanes) is 2. The fourth-order valence-corrected chi connectivity index (χ4v) is 1.50. The molecule has 0 spiro atoms. The number of allylic oxidation sites excluding steroid dienone is 2. The zero-order valence-corrected chi connectivity index (χ0v) is 12.4. The van der Waals surface area contributed by atoms with E-state index in [1.807, 2.05) is 0 Å². The summed E-state index contributed by atoms with van der Waals surface area (Å²) in [5.74, 6) is 0. The number of halogens is 3. The molecular weight excluding hydrogens is 295 g/mol. The zero-order chi connectivity index (χ0) is 15.8. The Morgan fingerprint density at radius 2 is 1.80 bits per heavy atom. The lowest BCUT2D eigenvalue weighted by Crippen LogP contribution is -3.01. The van der Waals surface area contributed by atoms with Crippen LogP contribution in [-0.2, 0) is 10.1 Å². The summed E-state index contributed by atoms with van der Waals surface area (Å²) >= 11 is 0. The van der Waals surface area contributed by atoms with Crippen molar-refractivity contribution in [3.05, 3.63) is 24.0 Å². The largest absolute Gasteiger partial charge is 0.741 e. The van der Waals surface area contributed by atoms with Gasteiger partial charge in [-0.3, -0.25) is 4.90 Å². The molecule has 4 nitrogen and oxygen atoms in total. The van der Waals surface area contributed by atoms with E-state index in [9.17, 15) is 13.2 Å². The molecule has 1 unspecified atom stereocenters. The van der Waals surface area contributed by atoms with Crippen LogP contribution in [0.4, 0.5) is 13.2 Å². The smallest absolute Gasteiger partial charge is 0.485 e. The van der Waals surface area contributed by atoms with Crippen LogP contribution in [-0.4, -0.2) is 25.0 Å². The van der Waals surface area contributed by atoms with Gasteiger partial charge in [0.05, 0.1) is 12.7 Å². The minimum Gasteiger partial charge on any atom is -0.741 e. The molecule has 1 rings (SSSR count). The summed E-state index contributed by atoms with van der Waals surface area (Å²) in [5, 5.41) is 0. The molecule has 0 bridgehead atoms. The average molecular weight is 315 g/mol. The van der Waals surface area contributed by atoms with Gasteiger partial charge in [-0.25, -0.2) is 8.42 Å². The molecule has 118 valence electrons. The number of rotatable bonds is 5. The van der Waals surface area contributed by atoms with Crippen molar-refractivity contribution in [2.24, 2.45) is 0 Å². The van der Waals surface area contributed by atoms with Gasteiger partial charge in [-0.2, -0.15) is 13.2 Å². The van der Waals surface area contributed by atoms with Gasteiger partial charge < -0.3 is 4.55 Å². The Balaban J connectivity index is 0.000000396. The minimum atomic E-state index is -6.09. The van der Waals surface area contributed by atoms with Gasteiger partial charge in [-0.1, -0.05) is 20.3 Å². The van der Waals surface area contributed by atoms with Gasteiger partial charge in [-0.15, -0.1) is 0 Å². The van der Waals surface area contributed by atoms with Gasteiger partial charge in [0, 0.05) is 11.6 Å². The van der Waals surface area contributed by atoms with Crippen LogP contribution < -0.4 is 4.90 Å². The molecule has 1 N–H and O–H groups in total. The van der Waals surface area contributed by atoms with E-state index in [4.69, 9.17) is 13.0 Å². The van der Waals surface area contributed by atoms with Crippen molar-refractivity contribution in [2.75, 3.05) is 6.54 Å². The van der Waals surface area contributed by atoms with E-state index in [-0.39, 0.29) is 0 Å². The maximum absolute atomic E-state index is 10.7. The number of alkyl halides is 3. The molecule has 1 heterocycles. The predicted molar refractivity (Wildman–Crippen MR) is 68.6 cm³/mol. The summed E-state index contributed by atoms with van der Waals surface area (Å²) in [7, 11) is -6.09. The van der Waals surface area contributed by atoms with Crippen molar-refractivity contribution >= 4 is 10.1 Å². The highest BCUT2D eigenvalue weighted by Gasteiger charge is 2.36. The molecule has 0 saturated heterocycles. The molecule has 1 aliphatic rings. The van der Waals surface area contributed by atoms with Gasteiger partial charge in [0.25, 0.3) is 0 Å². The van der Waals surface area contributed by atoms with Gasteiger partial charge in [0.2, 0.25) is 0 Å². The quantitative estimate of drug-likeness (QED) is 0.479. The van der Waals surface area contributed by atoms with Crippen LogP contribution in [0.5, 0.6) is 0 Å².